The molecular formula is C13H19Cl2NO2. The summed E-state index contributed by atoms with van der Waals surface area (Å²) < 4.78 is 0. The number of benzene rings is 1. The molecule has 0 aliphatic carbocycles. The number of Topliss-reactive ketones (excluding diaryl/α,β-unsaturated/α-hetero) is 1. The van der Waals surface area contributed by atoms with E-state index in [2.05, 4.69) is 5.32 Å². The lowest BCUT2D eigenvalue weighted by molar-refractivity contribution is 0.0933. The van der Waals surface area contributed by atoms with Gasteiger partial charge in [-0.2, -0.15) is 0 Å². The Balaban J connectivity index is 0.00000289. The molecule has 0 aliphatic heterocycles. The fourth-order valence-electron chi connectivity index (χ4n) is 1.66. The summed E-state index contributed by atoms with van der Waals surface area (Å²) in [5.41, 5.74) is 0.0882. The Hall–Kier alpha value is -0.770. The number of carbonyl (C=O) groups excluding carboxylic acids is 1. The van der Waals surface area contributed by atoms with Gasteiger partial charge in [-0.15, -0.1) is 12.4 Å². The molecule has 102 valence electrons. The number of phenolic OH excluding ortho intramolecular Hbond substituents is 1. The lowest BCUT2D eigenvalue weighted by Crippen LogP contribution is -2.46. The SMILES string of the molecule is CC(NC(C)(C)C)C(=O)c1cccc(Cl)c1O.Cl. The first-order valence-electron chi connectivity index (χ1n) is 5.52. The van der Waals surface area contributed by atoms with Crippen LogP contribution in [0.25, 0.3) is 0 Å². The maximum atomic E-state index is 12.1. The number of rotatable bonds is 3. The summed E-state index contributed by atoms with van der Waals surface area (Å²) in [6.45, 7) is 7.71. The van der Waals surface area contributed by atoms with Crippen LogP contribution in [0.5, 0.6) is 5.75 Å². The predicted molar refractivity (Wildman–Crippen MR) is 77.0 cm³/mol. The van der Waals surface area contributed by atoms with Gasteiger partial charge in [0.25, 0.3) is 0 Å². The topological polar surface area (TPSA) is 49.3 Å². The quantitative estimate of drug-likeness (QED) is 0.839. The van der Waals surface area contributed by atoms with Crippen molar-refractivity contribution in [3.63, 3.8) is 0 Å². The summed E-state index contributed by atoms with van der Waals surface area (Å²) in [7, 11) is 0. The maximum Gasteiger partial charge on any atom is 0.183 e. The molecule has 0 aliphatic rings. The Labute approximate surface area is 119 Å². The normalized spacial score (nSPS) is 12.7. The minimum absolute atomic E-state index is 0. The van der Waals surface area contributed by atoms with Gasteiger partial charge in [0.2, 0.25) is 0 Å². The second kappa shape index (κ2) is 6.41. The Morgan fingerprint density at radius 1 is 1.39 bits per heavy atom. The van der Waals surface area contributed by atoms with Crippen LogP contribution >= 0.6 is 24.0 Å². The third kappa shape index (κ3) is 4.48. The number of phenols is 1. The van der Waals surface area contributed by atoms with Crippen molar-refractivity contribution in [3.05, 3.63) is 28.8 Å². The largest absolute Gasteiger partial charge is 0.506 e. The Kier molecular flexibility index (Phi) is 6.14. The Morgan fingerprint density at radius 2 is 1.94 bits per heavy atom. The first kappa shape index (κ1) is 17.2. The van der Waals surface area contributed by atoms with Crippen LogP contribution in [0.4, 0.5) is 0 Å². The van der Waals surface area contributed by atoms with E-state index in [1.165, 1.54) is 0 Å². The highest BCUT2D eigenvalue weighted by atomic mass is 35.5. The average Bonchev–Trinajstić information content (AvgIpc) is 2.18. The molecule has 1 aromatic carbocycles. The fraction of sp³-hybridized carbons (Fsp3) is 0.462. The molecule has 1 aromatic rings. The van der Waals surface area contributed by atoms with Crippen molar-refractivity contribution in [1.82, 2.24) is 5.32 Å². The number of hydrogen-bond donors (Lipinski definition) is 2. The number of halogens is 2. The fourth-order valence-corrected chi connectivity index (χ4v) is 1.84. The Bertz CT molecular complexity index is 427. The summed E-state index contributed by atoms with van der Waals surface area (Å²) in [6, 6.07) is 4.40. The smallest absolute Gasteiger partial charge is 0.183 e. The van der Waals surface area contributed by atoms with Crippen LogP contribution in [-0.4, -0.2) is 22.5 Å². The zero-order valence-electron chi connectivity index (χ0n) is 11.0. The summed E-state index contributed by atoms with van der Waals surface area (Å²) in [5.74, 6) is -0.318. The van der Waals surface area contributed by atoms with Crippen LogP contribution in [0.2, 0.25) is 5.02 Å². The molecule has 1 unspecified atom stereocenters. The summed E-state index contributed by atoms with van der Waals surface area (Å²) in [4.78, 5) is 12.1. The molecule has 0 aromatic heterocycles. The zero-order valence-corrected chi connectivity index (χ0v) is 12.5. The van der Waals surface area contributed by atoms with Crippen molar-refractivity contribution >= 4 is 29.8 Å². The van der Waals surface area contributed by atoms with Crippen molar-refractivity contribution < 1.29 is 9.90 Å². The molecule has 2 N–H and O–H groups in total. The number of hydrogen-bond acceptors (Lipinski definition) is 3. The summed E-state index contributed by atoms with van der Waals surface area (Å²) in [5, 5.41) is 13.1. The van der Waals surface area contributed by atoms with Crippen LogP contribution in [0.15, 0.2) is 18.2 Å². The molecule has 1 atom stereocenters. The van der Waals surface area contributed by atoms with E-state index in [0.717, 1.165) is 0 Å². The summed E-state index contributed by atoms with van der Waals surface area (Å²) in [6.07, 6.45) is 0. The van der Waals surface area contributed by atoms with Crippen molar-refractivity contribution in [3.8, 4) is 5.75 Å². The van der Waals surface area contributed by atoms with Gasteiger partial charge < -0.3 is 10.4 Å². The van der Waals surface area contributed by atoms with E-state index in [9.17, 15) is 9.90 Å². The maximum absolute atomic E-state index is 12.1. The second-order valence-electron chi connectivity index (χ2n) is 5.12. The van der Waals surface area contributed by atoms with Crippen molar-refractivity contribution in [2.24, 2.45) is 0 Å². The predicted octanol–water partition coefficient (Wildman–Crippen LogP) is 3.43. The zero-order chi connectivity index (χ0) is 13.2. The molecule has 0 heterocycles. The monoisotopic (exact) mass is 291 g/mol. The first-order valence-corrected chi connectivity index (χ1v) is 5.89. The van der Waals surface area contributed by atoms with Gasteiger partial charge in [-0.1, -0.05) is 17.7 Å². The highest BCUT2D eigenvalue weighted by Gasteiger charge is 2.23. The minimum Gasteiger partial charge on any atom is -0.506 e. The molecule has 0 bridgehead atoms. The molecule has 1 rings (SSSR count). The van der Waals surface area contributed by atoms with Crippen LogP contribution in [0, 0.1) is 0 Å². The van der Waals surface area contributed by atoms with Crippen LogP contribution in [0.1, 0.15) is 38.1 Å². The molecule has 0 saturated carbocycles. The highest BCUT2D eigenvalue weighted by Crippen LogP contribution is 2.27. The molecular weight excluding hydrogens is 273 g/mol. The van der Waals surface area contributed by atoms with Gasteiger partial charge in [0.1, 0.15) is 5.75 Å². The van der Waals surface area contributed by atoms with E-state index in [1.807, 2.05) is 20.8 Å². The third-order valence-electron chi connectivity index (χ3n) is 2.30. The number of nitrogens with one attached hydrogen (secondary N) is 1. The van der Waals surface area contributed by atoms with E-state index in [4.69, 9.17) is 11.6 Å². The minimum atomic E-state index is -0.376. The van der Waals surface area contributed by atoms with Gasteiger partial charge in [0, 0.05) is 5.54 Å². The molecule has 0 amide bonds. The van der Waals surface area contributed by atoms with Gasteiger partial charge in [0.05, 0.1) is 16.6 Å². The number of aromatic hydroxyl groups is 1. The third-order valence-corrected chi connectivity index (χ3v) is 2.60. The van der Waals surface area contributed by atoms with E-state index >= 15 is 0 Å². The van der Waals surface area contributed by atoms with E-state index in [-0.39, 0.29) is 46.1 Å². The second-order valence-corrected chi connectivity index (χ2v) is 5.52. The van der Waals surface area contributed by atoms with Crippen molar-refractivity contribution in [1.29, 1.82) is 0 Å². The van der Waals surface area contributed by atoms with E-state index in [0.29, 0.717) is 0 Å². The first-order chi connectivity index (χ1) is 7.72. The lowest BCUT2D eigenvalue weighted by Gasteiger charge is -2.25. The van der Waals surface area contributed by atoms with Gasteiger partial charge in [-0.25, -0.2) is 0 Å². The van der Waals surface area contributed by atoms with Gasteiger partial charge in [-0.3, -0.25) is 4.79 Å². The van der Waals surface area contributed by atoms with Crippen LogP contribution in [0.3, 0.4) is 0 Å². The number of carbonyl (C=O) groups is 1. The summed E-state index contributed by atoms with van der Waals surface area (Å²) >= 11 is 5.77. The van der Waals surface area contributed by atoms with Gasteiger partial charge in [-0.05, 0) is 39.8 Å². The van der Waals surface area contributed by atoms with Crippen LogP contribution < -0.4 is 5.32 Å². The Morgan fingerprint density at radius 3 is 2.44 bits per heavy atom. The highest BCUT2D eigenvalue weighted by molar-refractivity contribution is 6.32. The lowest BCUT2D eigenvalue weighted by atomic mass is 10.0. The molecule has 3 nitrogen and oxygen atoms in total. The van der Waals surface area contributed by atoms with Crippen molar-refractivity contribution in [2.45, 2.75) is 39.3 Å². The molecule has 0 spiro atoms. The standard InChI is InChI=1S/C13H18ClNO2.ClH/c1-8(15-13(2,3)4)11(16)9-6-5-7-10(14)12(9)17;/h5-8,15,17H,1-4H3;1H. The molecule has 5 heteroatoms. The van der Waals surface area contributed by atoms with Gasteiger partial charge >= 0.3 is 0 Å². The van der Waals surface area contributed by atoms with Gasteiger partial charge in [0.15, 0.2) is 5.78 Å². The van der Waals surface area contributed by atoms with Crippen molar-refractivity contribution in [2.75, 3.05) is 0 Å². The van der Waals surface area contributed by atoms with E-state index < -0.39 is 0 Å². The van der Waals surface area contributed by atoms with Crippen LogP contribution in [-0.2, 0) is 0 Å². The molecule has 0 fully saturated rings. The molecule has 18 heavy (non-hydrogen) atoms. The molecule has 0 saturated heterocycles. The number of para-hydroxylation sites is 1. The van der Waals surface area contributed by atoms with E-state index in [1.54, 1.807) is 25.1 Å². The average molecular weight is 292 g/mol. The number of ketones is 1. The molecule has 0 radical (unpaired) electrons.